The third kappa shape index (κ3) is 3.92. The number of aromatic nitrogens is 2. The summed E-state index contributed by atoms with van der Waals surface area (Å²) in [5.41, 5.74) is 1.43. The summed E-state index contributed by atoms with van der Waals surface area (Å²) in [4.78, 5) is 12.2. The fourth-order valence-corrected chi connectivity index (χ4v) is 2.12. The Morgan fingerprint density at radius 2 is 2.05 bits per heavy atom. The molecule has 2 aromatic rings. The molecular weight excluding hydrogens is 266 g/mol. The molecule has 0 saturated heterocycles. The van der Waals surface area contributed by atoms with Crippen molar-refractivity contribution >= 4 is 5.91 Å². The van der Waals surface area contributed by atoms with Gasteiger partial charge in [-0.2, -0.15) is 5.10 Å². The second-order valence-electron chi connectivity index (χ2n) is 5.35. The van der Waals surface area contributed by atoms with Gasteiger partial charge in [0.1, 0.15) is 0 Å². The van der Waals surface area contributed by atoms with Crippen molar-refractivity contribution in [2.24, 2.45) is 5.92 Å². The number of amides is 1. The first-order valence-electron chi connectivity index (χ1n) is 7.13. The van der Waals surface area contributed by atoms with Gasteiger partial charge in [-0.15, -0.1) is 0 Å². The van der Waals surface area contributed by atoms with Crippen LogP contribution in [-0.2, 0) is 0 Å². The molecule has 112 valence electrons. The Morgan fingerprint density at radius 1 is 1.33 bits per heavy atom. The van der Waals surface area contributed by atoms with Crippen LogP contribution in [0.5, 0.6) is 0 Å². The molecule has 1 amide bonds. The third-order valence-corrected chi connectivity index (χ3v) is 3.43. The first-order valence-corrected chi connectivity index (χ1v) is 7.13. The minimum Gasteiger partial charge on any atom is -0.396 e. The van der Waals surface area contributed by atoms with Crippen LogP contribution in [0.1, 0.15) is 30.6 Å². The molecule has 0 bridgehead atoms. The average Bonchev–Trinajstić information content (AvgIpc) is 2.97. The van der Waals surface area contributed by atoms with Crippen molar-refractivity contribution in [1.29, 1.82) is 0 Å². The highest BCUT2D eigenvalue weighted by Gasteiger charge is 2.17. The predicted molar refractivity (Wildman–Crippen MR) is 81.4 cm³/mol. The number of hydrogen-bond donors (Lipinski definition) is 2. The summed E-state index contributed by atoms with van der Waals surface area (Å²) in [6, 6.07) is 9.60. The number of carbonyl (C=O) groups excluding carboxylic acids is 1. The summed E-state index contributed by atoms with van der Waals surface area (Å²) >= 11 is 0. The molecule has 2 N–H and O–H groups in total. The van der Waals surface area contributed by atoms with Gasteiger partial charge in [0.2, 0.25) is 0 Å². The predicted octanol–water partition coefficient (Wildman–Crippen LogP) is 2.01. The highest BCUT2D eigenvalue weighted by Crippen LogP contribution is 2.10. The molecule has 1 aromatic carbocycles. The molecule has 0 spiro atoms. The molecule has 1 atom stereocenters. The molecule has 5 nitrogen and oxygen atoms in total. The lowest BCUT2D eigenvalue weighted by Gasteiger charge is -2.21. The van der Waals surface area contributed by atoms with Gasteiger partial charge in [-0.05, 0) is 24.5 Å². The molecule has 0 radical (unpaired) electrons. The Balaban J connectivity index is 2.08. The number of aliphatic hydroxyl groups excluding tert-OH is 1. The molecular formula is C16H21N3O2. The van der Waals surface area contributed by atoms with E-state index in [-0.39, 0.29) is 24.5 Å². The lowest BCUT2D eigenvalue weighted by molar-refractivity contribution is 0.0916. The van der Waals surface area contributed by atoms with Crippen molar-refractivity contribution in [2.45, 2.75) is 26.3 Å². The monoisotopic (exact) mass is 287 g/mol. The molecule has 0 aliphatic carbocycles. The van der Waals surface area contributed by atoms with Crippen molar-refractivity contribution in [3.63, 3.8) is 0 Å². The van der Waals surface area contributed by atoms with E-state index >= 15 is 0 Å². The first-order chi connectivity index (χ1) is 10.1. The van der Waals surface area contributed by atoms with Crippen molar-refractivity contribution in [2.75, 3.05) is 6.61 Å². The number of nitrogens with one attached hydrogen (secondary N) is 1. The van der Waals surface area contributed by atoms with Crippen LogP contribution in [0.4, 0.5) is 0 Å². The van der Waals surface area contributed by atoms with Crippen LogP contribution in [0, 0.1) is 5.92 Å². The molecule has 1 aromatic heterocycles. The van der Waals surface area contributed by atoms with Gasteiger partial charge >= 0.3 is 0 Å². The van der Waals surface area contributed by atoms with Crippen LogP contribution >= 0.6 is 0 Å². The number of carbonyl (C=O) groups is 1. The standard InChI is InChI=1S/C16H21N3O2/c1-12(2)15(8-9-20)18-16(21)13-10-17-19(11-13)14-6-4-3-5-7-14/h3-7,10-12,15,20H,8-9H2,1-2H3,(H,18,21). The van der Waals surface area contributed by atoms with Gasteiger partial charge < -0.3 is 10.4 Å². The Morgan fingerprint density at radius 3 is 2.67 bits per heavy atom. The summed E-state index contributed by atoms with van der Waals surface area (Å²) in [7, 11) is 0. The van der Waals surface area contributed by atoms with Crippen LogP contribution in [0.2, 0.25) is 0 Å². The number of aliphatic hydroxyl groups is 1. The van der Waals surface area contributed by atoms with E-state index in [1.54, 1.807) is 17.1 Å². The molecule has 0 aliphatic rings. The molecule has 0 saturated carbocycles. The first kappa shape index (κ1) is 15.3. The minimum absolute atomic E-state index is 0.0393. The number of rotatable bonds is 6. The Bertz CT molecular complexity index is 578. The highest BCUT2D eigenvalue weighted by molar-refractivity contribution is 5.94. The van der Waals surface area contributed by atoms with Crippen molar-refractivity contribution in [1.82, 2.24) is 15.1 Å². The zero-order valence-electron chi connectivity index (χ0n) is 12.4. The van der Waals surface area contributed by atoms with Gasteiger partial charge in [0.15, 0.2) is 0 Å². The van der Waals surface area contributed by atoms with E-state index in [4.69, 9.17) is 5.11 Å². The summed E-state index contributed by atoms with van der Waals surface area (Å²) in [5, 5.41) is 16.2. The highest BCUT2D eigenvalue weighted by atomic mass is 16.3. The SMILES string of the molecule is CC(C)C(CCO)NC(=O)c1cnn(-c2ccccc2)c1. The molecule has 5 heteroatoms. The topological polar surface area (TPSA) is 67.2 Å². The summed E-state index contributed by atoms with van der Waals surface area (Å²) < 4.78 is 1.67. The maximum Gasteiger partial charge on any atom is 0.254 e. The van der Waals surface area contributed by atoms with E-state index in [1.165, 1.54) is 0 Å². The van der Waals surface area contributed by atoms with Gasteiger partial charge in [-0.1, -0.05) is 32.0 Å². The zero-order chi connectivity index (χ0) is 15.2. The maximum atomic E-state index is 12.2. The normalized spacial score (nSPS) is 12.4. The second kappa shape index (κ2) is 7.04. The van der Waals surface area contributed by atoms with Crippen molar-refractivity contribution in [3.05, 3.63) is 48.3 Å². The molecule has 21 heavy (non-hydrogen) atoms. The van der Waals surface area contributed by atoms with Crippen LogP contribution in [0.15, 0.2) is 42.7 Å². The fraction of sp³-hybridized carbons (Fsp3) is 0.375. The van der Waals surface area contributed by atoms with Crippen LogP contribution in [0.3, 0.4) is 0 Å². The van der Waals surface area contributed by atoms with E-state index in [9.17, 15) is 4.79 Å². The van der Waals surface area contributed by atoms with Crippen LogP contribution < -0.4 is 5.32 Å². The van der Waals surface area contributed by atoms with Gasteiger partial charge in [-0.25, -0.2) is 4.68 Å². The molecule has 1 heterocycles. The van der Waals surface area contributed by atoms with E-state index in [2.05, 4.69) is 10.4 Å². The summed E-state index contributed by atoms with van der Waals surface area (Å²) in [6.45, 7) is 4.11. The molecule has 2 rings (SSSR count). The van der Waals surface area contributed by atoms with E-state index < -0.39 is 0 Å². The van der Waals surface area contributed by atoms with Crippen LogP contribution in [0.25, 0.3) is 5.69 Å². The summed E-state index contributed by atoms with van der Waals surface area (Å²) in [6.07, 6.45) is 3.82. The van der Waals surface area contributed by atoms with Gasteiger partial charge in [0.05, 0.1) is 17.4 Å². The number of hydrogen-bond acceptors (Lipinski definition) is 3. The third-order valence-electron chi connectivity index (χ3n) is 3.43. The van der Waals surface area contributed by atoms with Crippen molar-refractivity contribution in [3.8, 4) is 5.69 Å². The zero-order valence-corrected chi connectivity index (χ0v) is 12.4. The van der Waals surface area contributed by atoms with Gasteiger partial charge in [0.25, 0.3) is 5.91 Å². The molecule has 0 fully saturated rings. The number of benzene rings is 1. The average molecular weight is 287 g/mol. The maximum absolute atomic E-state index is 12.2. The van der Waals surface area contributed by atoms with Crippen LogP contribution in [-0.4, -0.2) is 33.4 Å². The Labute approximate surface area is 124 Å². The molecule has 0 aliphatic heterocycles. The lowest BCUT2D eigenvalue weighted by atomic mass is 10.0. The number of para-hydroxylation sites is 1. The second-order valence-corrected chi connectivity index (χ2v) is 5.35. The quantitative estimate of drug-likeness (QED) is 0.854. The van der Waals surface area contributed by atoms with E-state index in [0.717, 1.165) is 5.69 Å². The van der Waals surface area contributed by atoms with Crippen molar-refractivity contribution < 1.29 is 9.90 Å². The minimum atomic E-state index is -0.163. The van der Waals surface area contributed by atoms with Gasteiger partial charge in [0, 0.05) is 18.8 Å². The molecule has 1 unspecified atom stereocenters. The number of nitrogens with zero attached hydrogens (tertiary/aromatic N) is 2. The summed E-state index contributed by atoms with van der Waals surface area (Å²) in [5.74, 6) is 0.106. The van der Waals surface area contributed by atoms with E-state index in [1.807, 2.05) is 44.2 Å². The van der Waals surface area contributed by atoms with Gasteiger partial charge in [-0.3, -0.25) is 4.79 Å². The lowest BCUT2D eigenvalue weighted by Crippen LogP contribution is -2.39. The Kier molecular flexibility index (Phi) is 5.11. The van der Waals surface area contributed by atoms with E-state index in [0.29, 0.717) is 12.0 Å². The largest absolute Gasteiger partial charge is 0.396 e. The fourth-order valence-electron chi connectivity index (χ4n) is 2.12. The smallest absolute Gasteiger partial charge is 0.254 e. The Hall–Kier alpha value is -2.14.